The monoisotopic (exact) mass is 155 g/mol. The quantitative estimate of drug-likeness (QED) is 0.518. The topological polar surface area (TPSA) is 49.3 Å². The average Bonchev–Trinajstić information content (AvgIpc) is 2.18. The molecule has 1 aliphatic heterocycles. The lowest BCUT2D eigenvalue weighted by Gasteiger charge is -2.29. The Balaban J connectivity index is 2.24. The highest BCUT2D eigenvalue weighted by atomic mass is 16.3. The number of carbonyl (C=O) groups is 1. The number of amides is 1. The summed E-state index contributed by atoms with van der Waals surface area (Å²) in [4.78, 5) is 11.2. The van der Waals surface area contributed by atoms with Crippen molar-refractivity contribution < 1.29 is 9.90 Å². The lowest BCUT2D eigenvalue weighted by molar-refractivity contribution is -0.125. The highest BCUT2D eigenvalue weighted by Gasteiger charge is 2.47. The summed E-state index contributed by atoms with van der Waals surface area (Å²) in [6, 6.07) is 0. The van der Waals surface area contributed by atoms with Crippen LogP contribution in [0.2, 0.25) is 0 Å². The van der Waals surface area contributed by atoms with Crippen molar-refractivity contribution in [1.29, 1.82) is 0 Å². The summed E-state index contributed by atoms with van der Waals surface area (Å²) in [6.45, 7) is 2.05. The second-order valence-corrected chi connectivity index (χ2v) is 3.97. The standard InChI is InChI=1S/C8H13NO2/c1-8-3-2-6(10)5(4-8)7(11)9-8/h5-6,10H,2-4H2,1H3,(H,9,11)/t5-,6+,8+/m1/s1. The molecular formula is C8H13NO2. The van der Waals surface area contributed by atoms with Crippen molar-refractivity contribution in [3.63, 3.8) is 0 Å². The van der Waals surface area contributed by atoms with Gasteiger partial charge in [0.1, 0.15) is 0 Å². The summed E-state index contributed by atoms with van der Waals surface area (Å²) >= 11 is 0. The number of fused-ring (bicyclic) bond motifs is 2. The Morgan fingerprint density at radius 3 is 3.09 bits per heavy atom. The summed E-state index contributed by atoms with van der Waals surface area (Å²) in [5.74, 6) is -0.0914. The molecule has 1 amide bonds. The lowest BCUT2D eigenvalue weighted by atomic mass is 9.80. The minimum Gasteiger partial charge on any atom is -0.392 e. The van der Waals surface area contributed by atoms with Crippen LogP contribution in [0.1, 0.15) is 26.2 Å². The molecule has 1 saturated carbocycles. The Kier molecular flexibility index (Phi) is 1.27. The maximum absolute atomic E-state index is 11.2. The van der Waals surface area contributed by atoms with Crippen LogP contribution < -0.4 is 5.32 Å². The molecule has 2 N–H and O–H groups in total. The van der Waals surface area contributed by atoms with E-state index in [0.717, 1.165) is 19.3 Å². The zero-order chi connectivity index (χ0) is 8.06. The molecule has 0 aromatic heterocycles. The van der Waals surface area contributed by atoms with Gasteiger partial charge in [-0.05, 0) is 26.2 Å². The number of aliphatic hydroxyl groups is 1. The van der Waals surface area contributed by atoms with Gasteiger partial charge in [-0.1, -0.05) is 0 Å². The highest BCUT2D eigenvalue weighted by molar-refractivity contribution is 5.83. The first kappa shape index (κ1) is 7.10. The molecule has 3 atom stereocenters. The van der Waals surface area contributed by atoms with Crippen molar-refractivity contribution in [3.05, 3.63) is 0 Å². The van der Waals surface area contributed by atoms with E-state index in [-0.39, 0.29) is 17.4 Å². The van der Waals surface area contributed by atoms with E-state index in [1.807, 2.05) is 0 Å². The van der Waals surface area contributed by atoms with Crippen LogP contribution in [0.5, 0.6) is 0 Å². The molecular weight excluding hydrogens is 142 g/mol. The average molecular weight is 155 g/mol. The van der Waals surface area contributed by atoms with Crippen molar-refractivity contribution in [1.82, 2.24) is 5.32 Å². The van der Waals surface area contributed by atoms with E-state index in [4.69, 9.17) is 0 Å². The maximum Gasteiger partial charge on any atom is 0.226 e. The Morgan fingerprint density at radius 2 is 2.45 bits per heavy atom. The van der Waals surface area contributed by atoms with Crippen molar-refractivity contribution in [2.45, 2.75) is 37.8 Å². The van der Waals surface area contributed by atoms with Gasteiger partial charge in [0.05, 0.1) is 12.0 Å². The molecule has 3 heteroatoms. The number of rotatable bonds is 0. The number of nitrogens with one attached hydrogen (secondary N) is 1. The van der Waals surface area contributed by atoms with Crippen LogP contribution in [0, 0.1) is 5.92 Å². The zero-order valence-electron chi connectivity index (χ0n) is 6.63. The molecule has 2 aliphatic rings. The molecule has 0 aromatic rings. The summed E-state index contributed by atoms with van der Waals surface area (Å²) in [5, 5.41) is 12.3. The van der Waals surface area contributed by atoms with Gasteiger partial charge in [0.25, 0.3) is 0 Å². The number of hydrogen-bond donors (Lipinski definition) is 2. The van der Waals surface area contributed by atoms with Gasteiger partial charge in [0, 0.05) is 5.54 Å². The van der Waals surface area contributed by atoms with Crippen LogP contribution in [0.15, 0.2) is 0 Å². The van der Waals surface area contributed by atoms with Crippen LogP contribution in [0.3, 0.4) is 0 Å². The van der Waals surface area contributed by atoms with Crippen LogP contribution in [-0.2, 0) is 4.79 Å². The number of carbonyl (C=O) groups excluding carboxylic acids is 1. The first-order valence-corrected chi connectivity index (χ1v) is 4.11. The van der Waals surface area contributed by atoms with E-state index in [9.17, 15) is 9.90 Å². The van der Waals surface area contributed by atoms with Gasteiger partial charge in [0.15, 0.2) is 0 Å². The first-order chi connectivity index (χ1) is 5.11. The van der Waals surface area contributed by atoms with Gasteiger partial charge in [-0.3, -0.25) is 4.79 Å². The van der Waals surface area contributed by atoms with Crippen molar-refractivity contribution in [3.8, 4) is 0 Å². The molecule has 0 unspecified atom stereocenters. The maximum atomic E-state index is 11.2. The molecule has 2 fully saturated rings. The third-order valence-corrected chi connectivity index (χ3v) is 2.89. The van der Waals surface area contributed by atoms with Gasteiger partial charge in [-0.25, -0.2) is 0 Å². The molecule has 0 aromatic carbocycles. The fourth-order valence-corrected chi connectivity index (χ4v) is 2.16. The minimum atomic E-state index is -0.398. The molecule has 1 saturated heterocycles. The van der Waals surface area contributed by atoms with E-state index in [1.54, 1.807) is 0 Å². The summed E-state index contributed by atoms with van der Waals surface area (Å²) < 4.78 is 0. The minimum absolute atomic E-state index is 0.0129. The van der Waals surface area contributed by atoms with Crippen LogP contribution in [0.25, 0.3) is 0 Å². The van der Waals surface area contributed by atoms with E-state index >= 15 is 0 Å². The van der Waals surface area contributed by atoms with Gasteiger partial charge in [-0.15, -0.1) is 0 Å². The van der Waals surface area contributed by atoms with E-state index in [1.165, 1.54) is 0 Å². The van der Waals surface area contributed by atoms with Gasteiger partial charge < -0.3 is 10.4 Å². The normalized spacial score (nSPS) is 49.1. The molecule has 0 radical (unpaired) electrons. The van der Waals surface area contributed by atoms with Crippen LogP contribution in [0.4, 0.5) is 0 Å². The zero-order valence-corrected chi connectivity index (χ0v) is 6.63. The summed E-state index contributed by atoms with van der Waals surface area (Å²) in [5.41, 5.74) is -0.0129. The van der Waals surface area contributed by atoms with Gasteiger partial charge in [-0.2, -0.15) is 0 Å². The van der Waals surface area contributed by atoms with Gasteiger partial charge in [0.2, 0.25) is 5.91 Å². The molecule has 11 heavy (non-hydrogen) atoms. The van der Waals surface area contributed by atoms with Crippen LogP contribution >= 0.6 is 0 Å². The Bertz CT molecular complexity index is 204. The second kappa shape index (κ2) is 1.97. The largest absolute Gasteiger partial charge is 0.392 e. The smallest absolute Gasteiger partial charge is 0.226 e. The van der Waals surface area contributed by atoms with Crippen molar-refractivity contribution >= 4 is 5.91 Å². The molecule has 1 heterocycles. The highest BCUT2D eigenvalue weighted by Crippen LogP contribution is 2.37. The Labute approximate surface area is 65.8 Å². The lowest BCUT2D eigenvalue weighted by Crippen LogP contribution is -2.38. The molecule has 2 rings (SSSR count). The predicted octanol–water partition coefficient (Wildman–Crippen LogP) is 0.0359. The summed E-state index contributed by atoms with van der Waals surface area (Å²) in [6.07, 6.45) is 2.09. The molecule has 62 valence electrons. The number of hydrogen-bond acceptors (Lipinski definition) is 2. The van der Waals surface area contributed by atoms with Crippen molar-refractivity contribution in [2.75, 3.05) is 0 Å². The van der Waals surface area contributed by atoms with Crippen molar-refractivity contribution in [2.24, 2.45) is 5.92 Å². The predicted molar refractivity (Wildman–Crippen MR) is 39.9 cm³/mol. The molecule has 3 nitrogen and oxygen atoms in total. The Morgan fingerprint density at radius 1 is 1.73 bits per heavy atom. The third kappa shape index (κ3) is 0.948. The van der Waals surface area contributed by atoms with E-state index in [2.05, 4.69) is 12.2 Å². The van der Waals surface area contributed by atoms with E-state index < -0.39 is 6.10 Å². The summed E-state index contributed by atoms with van der Waals surface area (Å²) in [7, 11) is 0. The third-order valence-electron chi connectivity index (χ3n) is 2.89. The first-order valence-electron chi connectivity index (χ1n) is 4.11. The second-order valence-electron chi connectivity index (χ2n) is 3.97. The fourth-order valence-electron chi connectivity index (χ4n) is 2.16. The number of aliphatic hydroxyl groups excluding tert-OH is 1. The SMILES string of the molecule is C[C@]12CC[C@H](O)[C@@H](C1)C(=O)N2. The fraction of sp³-hybridized carbons (Fsp3) is 0.875. The van der Waals surface area contributed by atoms with E-state index in [0.29, 0.717) is 0 Å². The molecule has 0 spiro atoms. The Hall–Kier alpha value is -0.570. The van der Waals surface area contributed by atoms with Gasteiger partial charge >= 0.3 is 0 Å². The molecule has 2 bridgehead atoms. The molecule has 1 aliphatic carbocycles. The van der Waals surface area contributed by atoms with Crippen LogP contribution in [-0.4, -0.2) is 22.7 Å².